The number of benzene rings is 2. The van der Waals surface area contributed by atoms with Crippen LogP contribution in [0.25, 0.3) is 11.0 Å². The smallest absolute Gasteiger partial charge is 0.383 e. The van der Waals surface area contributed by atoms with Gasteiger partial charge in [0, 0.05) is 0 Å². The van der Waals surface area contributed by atoms with Crippen molar-refractivity contribution < 1.29 is 23.4 Å². The lowest BCUT2D eigenvalue weighted by Gasteiger charge is -2.15. The molecule has 0 saturated heterocycles. The summed E-state index contributed by atoms with van der Waals surface area (Å²) in [7, 11) is 0. The number of allylic oxidation sites excluding steroid dienone is 1. The van der Waals surface area contributed by atoms with Gasteiger partial charge in [-0.2, -0.15) is 0 Å². The van der Waals surface area contributed by atoms with Crippen LogP contribution in [0, 0.1) is 0 Å². The molecule has 0 unspecified atom stereocenters. The minimum absolute atomic E-state index is 0.0318. The Morgan fingerprint density at radius 3 is 2.26 bits per heavy atom. The molecule has 38 heavy (non-hydrogen) atoms. The van der Waals surface area contributed by atoms with Gasteiger partial charge < -0.3 is 18.6 Å². The number of esters is 1. The van der Waals surface area contributed by atoms with E-state index in [1.54, 1.807) is 42.5 Å². The summed E-state index contributed by atoms with van der Waals surface area (Å²) in [5.41, 5.74) is -0.0473. The van der Waals surface area contributed by atoms with Crippen LogP contribution in [0.5, 0.6) is 17.2 Å². The van der Waals surface area contributed by atoms with Crippen molar-refractivity contribution in [3.05, 3.63) is 76.7 Å². The van der Waals surface area contributed by atoms with E-state index in [1.165, 1.54) is 32.1 Å². The molecule has 0 amide bonds. The van der Waals surface area contributed by atoms with Gasteiger partial charge >= 0.3 is 11.6 Å². The maximum atomic E-state index is 13.0. The monoisotopic (exact) mass is 520 g/mol. The molecule has 204 valence electrons. The van der Waals surface area contributed by atoms with Gasteiger partial charge in [0.2, 0.25) is 5.75 Å². The highest BCUT2D eigenvalue weighted by atomic mass is 16.6. The third-order valence-corrected chi connectivity index (χ3v) is 6.20. The maximum Gasteiger partial charge on any atom is 0.383 e. The van der Waals surface area contributed by atoms with Crippen LogP contribution in [-0.4, -0.2) is 19.2 Å². The average molecular weight is 521 g/mol. The van der Waals surface area contributed by atoms with Gasteiger partial charge in [0.25, 0.3) is 0 Å². The lowest BCUT2D eigenvalue weighted by Crippen LogP contribution is -2.15. The zero-order chi connectivity index (χ0) is 27.0. The van der Waals surface area contributed by atoms with E-state index >= 15 is 0 Å². The SMILES string of the molecule is CC/C=C/CCOc1cccc2oc(=O)c(OCCCCCCCCCC)c(OC(=O)c3ccccc3)c12. The Labute approximate surface area is 225 Å². The summed E-state index contributed by atoms with van der Waals surface area (Å²) in [6.45, 7) is 5.04. The molecule has 3 aromatic rings. The Morgan fingerprint density at radius 1 is 0.789 bits per heavy atom. The predicted molar refractivity (Wildman–Crippen MR) is 152 cm³/mol. The number of hydrogen-bond donors (Lipinski definition) is 0. The van der Waals surface area contributed by atoms with Crippen molar-refractivity contribution in [2.75, 3.05) is 13.2 Å². The van der Waals surface area contributed by atoms with Crippen molar-refractivity contribution in [3.8, 4) is 17.2 Å². The molecule has 0 atom stereocenters. The van der Waals surface area contributed by atoms with Crippen LogP contribution in [-0.2, 0) is 0 Å². The third kappa shape index (κ3) is 8.79. The molecule has 0 saturated carbocycles. The molecular weight excluding hydrogens is 480 g/mol. The minimum atomic E-state index is -0.684. The van der Waals surface area contributed by atoms with E-state index in [9.17, 15) is 9.59 Å². The second kappa shape index (κ2) is 16.3. The van der Waals surface area contributed by atoms with Crippen molar-refractivity contribution in [1.29, 1.82) is 0 Å². The van der Waals surface area contributed by atoms with Crippen LogP contribution < -0.4 is 19.8 Å². The maximum absolute atomic E-state index is 13.0. The van der Waals surface area contributed by atoms with Crippen molar-refractivity contribution in [2.24, 2.45) is 0 Å². The fourth-order valence-electron chi connectivity index (χ4n) is 4.17. The zero-order valence-corrected chi connectivity index (χ0v) is 22.7. The summed E-state index contributed by atoms with van der Waals surface area (Å²) in [4.78, 5) is 26.0. The van der Waals surface area contributed by atoms with E-state index in [4.69, 9.17) is 18.6 Å². The highest BCUT2D eigenvalue weighted by molar-refractivity contribution is 5.97. The fraction of sp³-hybridized carbons (Fsp3) is 0.438. The number of unbranched alkanes of at least 4 members (excludes halogenated alkanes) is 7. The number of rotatable bonds is 17. The van der Waals surface area contributed by atoms with E-state index in [1.807, 2.05) is 6.07 Å². The Kier molecular flexibility index (Phi) is 12.5. The number of ether oxygens (including phenoxy) is 3. The topological polar surface area (TPSA) is 75.0 Å². The lowest BCUT2D eigenvalue weighted by atomic mass is 10.1. The van der Waals surface area contributed by atoms with E-state index in [2.05, 4.69) is 26.0 Å². The third-order valence-electron chi connectivity index (χ3n) is 6.20. The molecule has 6 heteroatoms. The average Bonchev–Trinajstić information content (AvgIpc) is 2.93. The molecule has 0 N–H and O–H groups in total. The van der Waals surface area contributed by atoms with Crippen molar-refractivity contribution in [3.63, 3.8) is 0 Å². The van der Waals surface area contributed by atoms with E-state index in [0.29, 0.717) is 29.9 Å². The van der Waals surface area contributed by atoms with Crippen LogP contribution in [0.15, 0.2) is 69.9 Å². The zero-order valence-electron chi connectivity index (χ0n) is 22.7. The first-order valence-corrected chi connectivity index (χ1v) is 13.9. The first-order chi connectivity index (χ1) is 18.7. The molecule has 0 aliphatic heterocycles. The van der Waals surface area contributed by atoms with Gasteiger partial charge in [-0.3, -0.25) is 0 Å². The number of carbonyl (C=O) groups is 1. The van der Waals surface area contributed by atoms with Crippen LogP contribution in [0.3, 0.4) is 0 Å². The molecule has 3 rings (SSSR count). The molecule has 2 aromatic carbocycles. The van der Waals surface area contributed by atoms with Gasteiger partial charge in [-0.1, -0.05) is 95.2 Å². The first-order valence-electron chi connectivity index (χ1n) is 13.9. The van der Waals surface area contributed by atoms with Crippen LogP contribution in [0.2, 0.25) is 0 Å². The van der Waals surface area contributed by atoms with Gasteiger partial charge in [-0.25, -0.2) is 9.59 Å². The van der Waals surface area contributed by atoms with Crippen molar-refractivity contribution in [2.45, 2.75) is 78.1 Å². The summed E-state index contributed by atoms with van der Waals surface area (Å²) in [5, 5.41) is 0.404. The molecule has 1 aromatic heterocycles. The highest BCUT2D eigenvalue weighted by Gasteiger charge is 2.24. The van der Waals surface area contributed by atoms with Crippen molar-refractivity contribution >= 4 is 16.9 Å². The molecule has 0 spiro atoms. The van der Waals surface area contributed by atoms with Gasteiger partial charge in [0.1, 0.15) is 16.7 Å². The van der Waals surface area contributed by atoms with Crippen LogP contribution in [0.4, 0.5) is 0 Å². The second-order valence-electron chi connectivity index (χ2n) is 9.27. The van der Waals surface area contributed by atoms with Crippen LogP contribution >= 0.6 is 0 Å². The Balaban J connectivity index is 1.83. The van der Waals surface area contributed by atoms with Gasteiger partial charge in [0.15, 0.2) is 5.75 Å². The predicted octanol–water partition coefficient (Wildman–Crippen LogP) is 8.27. The summed E-state index contributed by atoms with van der Waals surface area (Å²) in [6, 6.07) is 13.8. The fourth-order valence-corrected chi connectivity index (χ4v) is 4.17. The number of fused-ring (bicyclic) bond motifs is 1. The second-order valence-corrected chi connectivity index (χ2v) is 9.27. The summed E-state index contributed by atoms with van der Waals surface area (Å²) in [6.07, 6.45) is 15.0. The molecular formula is C32H40O6. The Morgan fingerprint density at radius 2 is 1.53 bits per heavy atom. The van der Waals surface area contributed by atoms with E-state index in [-0.39, 0.29) is 17.1 Å². The summed E-state index contributed by atoms with van der Waals surface area (Å²) >= 11 is 0. The van der Waals surface area contributed by atoms with E-state index < -0.39 is 11.6 Å². The Bertz CT molecular complexity index is 1210. The standard InChI is InChI=1S/C32H40O6/c1-3-5-7-9-10-11-12-17-24-36-30-29(38-31(33)25-19-14-13-15-20-25)28-26(35-23-16-8-6-4-2)21-18-22-27(28)37-32(30)34/h6,8,13-15,18-22H,3-5,7,9-12,16-17,23-24H2,1-2H3/b8-6+. The van der Waals surface area contributed by atoms with Crippen LogP contribution in [0.1, 0.15) is 88.4 Å². The summed E-state index contributed by atoms with van der Waals surface area (Å²) < 4.78 is 23.3. The summed E-state index contributed by atoms with van der Waals surface area (Å²) in [5.74, 6) is -0.199. The van der Waals surface area contributed by atoms with Gasteiger partial charge in [-0.15, -0.1) is 0 Å². The molecule has 0 aliphatic carbocycles. The minimum Gasteiger partial charge on any atom is -0.492 e. The van der Waals surface area contributed by atoms with Gasteiger partial charge in [-0.05, 0) is 43.5 Å². The molecule has 0 fully saturated rings. The largest absolute Gasteiger partial charge is 0.492 e. The lowest BCUT2D eigenvalue weighted by molar-refractivity contribution is 0.0729. The van der Waals surface area contributed by atoms with E-state index in [0.717, 1.165) is 32.1 Å². The quantitative estimate of drug-likeness (QED) is 0.0772. The first kappa shape index (κ1) is 29.0. The normalized spacial score (nSPS) is 11.2. The van der Waals surface area contributed by atoms with Gasteiger partial charge in [0.05, 0.1) is 18.8 Å². The molecule has 1 heterocycles. The molecule has 0 bridgehead atoms. The molecule has 0 aliphatic rings. The number of hydrogen-bond acceptors (Lipinski definition) is 6. The molecule has 0 radical (unpaired) electrons. The van der Waals surface area contributed by atoms with Crippen molar-refractivity contribution in [1.82, 2.24) is 0 Å². The number of carbonyl (C=O) groups excluding carboxylic acids is 1. The molecule has 6 nitrogen and oxygen atoms in total. The highest BCUT2D eigenvalue weighted by Crippen LogP contribution is 2.39. The Hall–Kier alpha value is -3.54.